The summed E-state index contributed by atoms with van der Waals surface area (Å²) in [4.78, 5) is 25.3. The molecule has 0 radical (unpaired) electrons. The molecule has 4 aliphatic heterocycles. The lowest BCUT2D eigenvalue weighted by Gasteiger charge is -2.15. The summed E-state index contributed by atoms with van der Waals surface area (Å²) in [6.45, 7) is 0.285. The normalized spacial score (nSPS) is 28.9. The van der Waals surface area contributed by atoms with Crippen LogP contribution in [0.5, 0.6) is 23.0 Å². The van der Waals surface area contributed by atoms with Crippen molar-refractivity contribution < 1.29 is 38.0 Å². The average Bonchev–Trinajstić information content (AvgIpc) is 3.46. The Labute approximate surface area is 158 Å². The molecular formula is C20H14O8. The Morgan fingerprint density at radius 2 is 1.04 bits per heavy atom. The van der Waals surface area contributed by atoms with Crippen LogP contribution < -0.4 is 18.9 Å². The summed E-state index contributed by atoms with van der Waals surface area (Å²) in [6, 6.07) is 10.5. The summed E-state index contributed by atoms with van der Waals surface area (Å²) in [7, 11) is 0. The first kappa shape index (κ1) is 15.6. The molecule has 0 aliphatic carbocycles. The quantitative estimate of drug-likeness (QED) is 0.731. The molecule has 0 N–H and O–H groups in total. The van der Waals surface area contributed by atoms with Gasteiger partial charge in [-0.1, -0.05) is 12.1 Å². The molecule has 4 atom stereocenters. The van der Waals surface area contributed by atoms with Crippen molar-refractivity contribution in [1.29, 1.82) is 0 Å². The van der Waals surface area contributed by atoms with Crippen LogP contribution in [0.1, 0.15) is 23.3 Å². The fourth-order valence-corrected chi connectivity index (χ4v) is 4.20. The topological polar surface area (TPSA) is 89.5 Å². The molecule has 0 aromatic heterocycles. The molecule has 2 aromatic carbocycles. The maximum atomic E-state index is 12.7. The molecule has 6 rings (SSSR count). The lowest BCUT2D eigenvalue weighted by molar-refractivity contribution is -0.154. The summed E-state index contributed by atoms with van der Waals surface area (Å²) >= 11 is 0. The van der Waals surface area contributed by atoms with Gasteiger partial charge in [0.05, 0.1) is 0 Å². The van der Waals surface area contributed by atoms with Crippen LogP contribution >= 0.6 is 0 Å². The Morgan fingerprint density at radius 3 is 1.50 bits per heavy atom. The second-order valence-electron chi connectivity index (χ2n) is 6.99. The molecule has 2 fully saturated rings. The number of benzene rings is 2. The van der Waals surface area contributed by atoms with E-state index in [2.05, 4.69) is 0 Å². The standard InChI is InChI=1S/C20H14O8/c21-19-15-16(18(28-19)10-2-4-12-14(6-10)26-8-24-12)20(22)27-17(15)9-1-3-11-13(5-9)25-7-23-11/h1-6,15-18H,7-8H2. The average molecular weight is 382 g/mol. The summed E-state index contributed by atoms with van der Waals surface area (Å²) in [5, 5.41) is 0. The second-order valence-corrected chi connectivity index (χ2v) is 6.99. The molecule has 0 amide bonds. The van der Waals surface area contributed by atoms with Crippen molar-refractivity contribution in [2.75, 3.05) is 13.6 Å². The summed E-state index contributed by atoms with van der Waals surface area (Å²) in [5.74, 6) is 0.0223. The van der Waals surface area contributed by atoms with Crippen LogP contribution in [0.25, 0.3) is 0 Å². The maximum absolute atomic E-state index is 12.7. The van der Waals surface area contributed by atoms with Gasteiger partial charge in [-0.3, -0.25) is 9.59 Å². The van der Waals surface area contributed by atoms with E-state index in [4.69, 9.17) is 28.4 Å². The number of ether oxygens (including phenoxy) is 6. The van der Waals surface area contributed by atoms with E-state index in [1.165, 1.54) is 0 Å². The van der Waals surface area contributed by atoms with Gasteiger partial charge in [-0.05, 0) is 35.4 Å². The zero-order chi connectivity index (χ0) is 18.8. The van der Waals surface area contributed by atoms with Gasteiger partial charge in [-0.25, -0.2) is 0 Å². The van der Waals surface area contributed by atoms with Crippen LogP contribution in [0.2, 0.25) is 0 Å². The van der Waals surface area contributed by atoms with Crippen LogP contribution in [0, 0.1) is 11.8 Å². The number of fused-ring (bicyclic) bond motifs is 3. The third-order valence-electron chi connectivity index (χ3n) is 5.52. The lowest BCUT2D eigenvalue weighted by atomic mass is 9.84. The highest BCUT2D eigenvalue weighted by Crippen LogP contribution is 2.53. The van der Waals surface area contributed by atoms with Gasteiger partial charge >= 0.3 is 11.9 Å². The Balaban J connectivity index is 1.35. The van der Waals surface area contributed by atoms with Crippen molar-refractivity contribution in [3.63, 3.8) is 0 Å². The number of carbonyl (C=O) groups is 2. The number of hydrogen-bond donors (Lipinski definition) is 0. The summed E-state index contributed by atoms with van der Waals surface area (Å²) in [6.07, 6.45) is -1.45. The van der Waals surface area contributed by atoms with Crippen molar-refractivity contribution in [1.82, 2.24) is 0 Å². The molecule has 0 bridgehead atoms. The number of esters is 2. The van der Waals surface area contributed by atoms with Crippen LogP contribution in [-0.4, -0.2) is 25.5 Å². The van der Waals surface area contributed by atoms with E-state index >= 15 is 0 Å². The number of cyclic esters (lactones) is 2. The van der Waals surface area contributed by atoms with E-state index in [9.17, 15) is 9.59 Å². The van der Waals surface area contributed by atoms with Gasteiger partial charge in [0.2, 0.25) is 13.6 Å². The monoisotopic (exact) mass is 382 g/mol. The predicted octanol–water partition coefficient (Wildman–Crippen LogP) is 2.27. The van der Waals surface area contributed by atoms with Gasteiger partial charge in [0.1, 0.15) is 24.0 Å². The third kappa shape index (κ3) is 2.11. The minimum atomic E-state index is -0.724. The molecule has 28 heavy (non-hydrogen) atoms. The molecule has 0 saturated carbocycles. The van der Waals surface area contributed by atoms with Crippen molar-refractivity contribution in [2.24, 2.45) is 11.8 Å². The van der Waals surface area contributed by atoms with Crippen molar-refractivity contribution in [3.05, 3.63) is 47.5 Å². The van der Waals surface area contributed by atoms with E-state index in [0.29, 0.717) is 34.1 Å². The lowest BCUT2D eigenvalue weighted by Crippen LogP contribution is -2.19. The van der Waals surface area contributed by atoms with E-state index in [1.54, 1.807) is 36.4 Å². The van der Waals surface area contributed by atoms with E-state index in [1.807, 2.05) is 0 Å². The van der Waals surface area contributed by atoms with Crippen molar-refractivity contribution in [3.8, 4) is 23.0 Å². The first-order valence-corrected chi connectivity index (χ1v) is 8.89. The van der Waals surface area contributed by atoms with Gasteiger partial charge in [-0.15, -0.1) is 0 Å². The van der Waals surface area contributed by atoms with Gasteiger partial charge in [-0.2, -0.15) is 0 Å². The molecule has 8 nitrogen and oxygen atoms in total. The highest BCUT2D eigenvalue weighted by molar-refractivity contribution is 5.89. The largest absolute Gasteiger partial charge is 0.456 e. The molecule has 8 heteroatoms. The zero-order valence-electron chi connectivity index (χ0n) is 14.5. The smallest absolute Gasteiger partial charge is 0.314 e. The van der Waals surface area contributed by atoms with Crippen molar-refractivity contribution in [2.45, 2.75) is 12.2 Å². The maximum Gasteiger partial charge on any atom is 0.314 e. The first-order chi connectivity index (χ1) is 13.7. The Bertz CT molecular complexity index is 934. The van der Waals surface area contributed by atoms with Crippen molar-refractivity contribution >= 4 is 11.9 Å². The number of hydrogen-bond acceptors (Lipinski definition) is 8. The van der Waals surface area contributed by atoms with Gasteiger partial charge < -0.3 is 28.4 Å². The molecule has 4 heterocycles. The van der Waals surface area contributed by atoms with Crippen LogP contribution in [0.4, 0.5) is 0 Å². The Kier molecular flexibility index (Phi) is 3.09. The fraction of sp³-hybridized carbons (Fsp3) is 0.300. The SMILES string of the molecule is O=C1OC(c2ccc3c(c2)OCO3)C2C(=O)OC(c3ccc4c(c3)OCO4)C12. The minimum absolute atomic E-state index is 0.142. The molecule has 142 valence electrons. The summed E-state index contributed by atoms with van der Waals surface area (Å²) in [5.41, 5.74) is 1.35. The molecule has 0 spiro atoms. The second kappa shape index (κ2) is 5.54. The minimum Gasteiger partial charge on any atom is -0.456 e. The fourth-order valence-electron chi connectivity index (χ4n) is 4.20. The number of carbonyl (C=O) groups excluding carboxylic acids is 2. The predicted molar refractivity (Wildman–Crippen MR) is 89.8 cm³/mol. The first-order valence-electron chi connectivity index (χ1n) is 8.89. The zero-order valence-corrected chi connectivity index (χ0v) is 14.5. The van der Waals surface area contributed by atoms with Gasteiger partial charge in [0.15, 0.2) is 23.0 Å². The van der Waals surface area contributed by atoms with Gasteiger partial charge in [0, 0.05) is 0 Å². The Hall–Kier alpha value is -3.42. The number of rotatable bonds is 2. The third-order valence-corrected chi connectivity index (χ3v) is 5.52. The molecule has 4 unspecified atom stereocenters. The van der Waals surface area contributed by atoms with Crippen LogP contribution in [-0.2, 0) is 19.1 Å². The Morgan fingerprint density at radius 1 is 0.607 bits per heavy atom. The van der Waals surface area contributed by atoms with E-state index < -0.39 is 36.0 Å². The molecular weight excluding hydrogens is 368 g/mol. The van der Waals surface area contributed by atoms with Crippen LogP contribution in [0.3, 0.4) is 0 Å². The molecule has 4 aliphatic rings. The van der Waals surface area contributed by atoms with Crippen LogP contribution in [0.15, 0.2) is 36.4 Å². The highest BCUT2D eigenvalue weighted by atomic mass is 16.7. The van der Waals surface area contributed by atoms with Gasteiger partial charge in [0.25, 0.3) is 0 Å². The van der Waals surface area contributed by atoms with E-state index in [-0.39, 0.29) is 13.6 Å². The molecule has 2 aromatic rings. The summed E-state index contributed by atoms with van der Waals surface area (Å²) < 4.78 is 32.6. The highest BCUT2D eigenvalue weighted by Gasteiger charge is 2.60. The van der Waals surface area contributed by atoms with E-state index in [0.717, 1.165) is 0 Å². The molecule has 2 saturated heterocycles.